The zero-order valence-electron chi connectivity index (χ0n) is 11.1. The predicted molar refractivity (Wildman–Crippen MR) is 71.4 cm³/mol. The molecule has 0 aliphatic rings. The Kier molecular flexibility index (Phi) is 6.32. The SMILES string of the molecule is CC(C)(C)NCC(O)c1cccc(C(F)(F)F)c1.Cl. The number of halogens is 4. The number of hydrogen-bond acceptors (Lipinski definition) is 2. The lowest BCUT2D eigenvalue weighted by Gasteiger charge is -2.23. The summed E-state index contributed by atoms with van der Waals surface area (Å²) in [5.74, 6) is 0. The molecule has 6 heteroatoms. The van der Waals surface area contributed by atoms with E-state index in [0.29, 0.717) is 0 Å². The van der Waals surface area contributed by atoms with Crippen molar-refractivity contribution in [2.75, 3.05) is 6.54 Å². The van der Waals surface area contributed by atoms with Gasteiger partial charge in [-0.05, 0) is 38.5 Å². The van der Waals surface area contributed by atoms with Crippen molar-refractivity contribution in [3.8, 4) is 0 Å². The van der Waals surface area contributed by atoms with Gasteiger partial charge in [0.2, 0.25) is 0 Å². The van der Waals surface area contributed by atoms with Crippen molar-refractivity contribution in [2.45, 2.75) is 38.6 Å². The van der Waals surface area contributed by atoms with Crippen LogP contribution < -0.4 is 5.32 Å². The first-order valence-corrected chi connectivity index (χ1v) is 5.70. The number of benzene rings is 1. The minimum atomic E-state index is -4.38. The summed E-state index contributed by atoms with van der Waals surface area (Å²) in [5.41, 5.74) is -0.667. The molecule has 2 N–H and O–H groups in total. The fourth-order valence-corrected chi connectivity index (χ4v) is 1.44. The standard InChI is InChI=1S/C13H18F3NO.ClH/c1-12(2,3)17-8-11(18)9-5-4-6-10(7-9)13(14,15)16;/h4-7,11,17-18H,8H2,1-3H3;1H. The van der Waals surface area contributed by atoms with Crippen molar-refractivity contribution in [2.24, 2.45) is 0 Å². The molecule has 0 aliphatic carbocycles. The highest BCUT2D eigenvalue weighted by Crippen LogP contribution is 2.30. The minimum absolute atomic E-state index is 0. The van der Waals surface area contributed by atoms with Crippen LogP contribution in [0, 0.1) is 0 Å². The van der Waals surface area contributed by atoms with Crippen LogP contribution >= 0.6 is 12.4 Å². The molecular weight excluding hydrogens is 279 g/mol. The summed E-state index contributed by atoms with van der Waals surface area (Å²) in [7, 11) is 0. The second-order valence-electron chi connectivity index (χ2n) is 5.27. The molecule has 0 aromatic heterocycles. The third-order valence-electron chi connectivity index (χ3n) is 2.42. The molecule has 1 atom stereocenters. The molecule has 0 saturated carbocycles. The Labute approximate surface area is 117 Å². The molecule has 1 rings (SSSR count). The predicted octanol–water partition coefficient (Wildman–Crippen LogP) is 3.55. The smallest absolute Gasteiger partial charge is 0.387 e. The van der Waals surface area contributed by atoms with Gasteiger partial charge in [0.05, 0.1) is 11.7 Å². The Morgan fingerprint density at radius 3 is 2.26 bits per heavy atom. The van der Waals surface area contributed by atoms with Crippen LogP contribution in [0.1, 0.15) is 38.0 Å². The number of rotatable bonds is 3. The Bertz CT molecular complexity index is 402. The van der Waals surface area contributed by atoms with E-state index < -0.39 is 17.8 Å². The van der Waals surface area contributed by atoms with Crippen LogP contribution in [0.3, 0.4) is 0 Å². The summed E-state index contributed by atoms with van der Waals surface area (Å²) in [5, 5.41) is 12.9. The lowest BCUT2D eigenvalue weighted by Crippen LogP contribution is -2.38. The maximum absolute atomic E-state index is 12.5. The van der Waals surface area contributed by atoms with E-state index in [2.05, 4.69) is 5.32 Å². The summed E-state index contributed by atoms with van der Waals surface area (Å²) in [6.07, 6.45) is -5.33. The molecule has 0 radical (unpaired) electrons. The van der Waals surface area contributed by atoms with Gasteiger partial charge in [0.1, 0.15) is 0 Å². The number of nitrogens with one attached hydrogen (secondary N) is 1. The molecule has 1 unspecified atom stereocenters. The fraction of sp³-hybridized carbons (Fsp3) is 0.538. The monoisotopic (exact) mass is 297 g/mol. The lowest BCUT2D eigenvalue weighted by atomic mass is 10.0. The van der Waals surface area contributed by atoms with Crippen molar-refractivity contribution < 1.29 is 18.3 Å². The highest BCUT2D eigenvalue weighted by atomic mass is 35.5. The Hall–Kier alpha value is -0.780. The average molecular weight is 298 g/mol. The molecule has 110 valence electrons. The van der Waals surface area contributed by atoms with Crippen molar-refractivity contribution in [1.82, 2.24) is 5.32 Å². The molecule has 0 aliphatic heterocycles. The quantitative estimate of drug-likeness (QED) is 0.894. The second-order valence-corrected chi connectivity index (χ2v) is 5.27. The van der Waals surface area contributed by atoms with Gasteiger partial charge in [0.15, 0.2) is 0 Å². The van der Waals surface area contributed by atoms with E-state index in [1.54, 1.807) is 0 Å². The molecule has 1 aromatic carbocycles. The van der Waals surface area contributed by atoms with E-state index in [0.717, 1.165) is 12.1 Å². The second kappa shape index (κ2) is 6.59. The van der Waals surface area contributed by atoms with Crippen LogP contribution in [0.25, 0.3) is 0 Å². The Morgan fingerprint density at radius 1 is 1.21 bits per heavy atom. The first-order valence-electron chi connectivity index (χ1n) is 5.70. The van der Waals surface area contributed by atoms with E-state index in [1.807, 2.05) is 20.8 Å². The van der Waals surface area contributed by atoms with Gasteiger partial charge >= 0.3 is 6.18 Å². The molecule has 0 spiro atoms. The van der Waals surface area contributed by atoms with Gasteiger partial charge < -0.3 is 10.4 Å². The van der Waals surface area contributed by atoms with E-state index in [-0.39, 0.29) is 30.1 Å². The number of alkyl halides is 3. The first kappa shape index (κ1) is 18.2. The zero-order chi connectivity index (χ0) is 14.0. The third kappa shape index (κ3) is 6.27. The summed E-state index contributed by atoms with van der Waals surface area (Å²) >= 11 is 0. The Morgan fingerprint density at radius 2 is 1.79 bits per heavy atom. The molecule has 0 saturated heterocycles. The van der Waals surface area contributed by atoms with Gasteiger partial charge in [0, 0.05) is 12.1 Å². The summed E-state index contributed by atoms with van der Waals surface area (Å²) < 4.78 is 37.5. The highest BCUT2D eigenvalue weighted by Gasteiger charge is 2.30. The molecule has 19 heavy (non-hydrogen) atoms. The van der Waals surface area contributed by atoms with Crippen LogP contribution in [0.4, 0.5) is 13.2 Å². The first-order chi connectivity index (χ1) is 8.09. The van der Waals surface area contributed by atoms with Crippen molar-refractivity contribution in [3.63, 3.8) is 0 Å². The van der Waals surface area contributed by atoms with Crippen LogP contribution in [-0.2, 0) is 6.18 Å². The third-order valence-corrected chi connectivity index (χ3v) is 2.42. The summed E-state index contributed by atoms with van der Waals surface area (Å²) in [6.45, 7) is 5.98. The van der Waals surface area contributed by atoms with E-state index in [9.17, 15) is 18.3 Å². The van der Waals surface area contributed by atoms with E-state index in [1.165, 1.54) is 12.1 Å². The zero-order valence-corrected chi connectivity index (χ0v) is 11.9. The summed E-state index contributed by atoms with van der Waals surface area (Å²) in [6, 6.07) is 4.77. The van der Waals surface area contributed by atoms with Gasteiger partial charge in [-0.1, -0.05) is 12.1 Å². The van der Waals surface area contributed by atoms with Gasteiger partial charge in [-0.25, -0.2) is 0 Å². The normalized spacial score (nSPS) is 13.8. The van der Waals surface area contributed by atoms with Crippen LogP contribution in [-0.4, -0.2) is 17.2 Å². The van der Waals surface area contributed by atoms with Crippen molar-refractivity contribution in [1.29, 1.82) is 0 Å². The van der Waals surface area contributed by atoms with Crippen molar-refractivity contribution in [3.05, 3.63) is 35.4 Å². The van der Waals surface area contributed by atoms with Gasteiger partial charge in [-0.2, -0.15) is 13.2 Å². The average Bonchev–Trinajstić information content (AvgIpc) is 2.24. The van der Waals surface area contributed by atoms with Crippen LogP contribution in [0.15, 0.2) is 24.3 Å². The maximum atomic E-state index is 12.5. The molecule has 2 nitrogen and oxygen atoms in total. The lowest BCUT2D eigenvalue weighted by molar-refractivity contribution is -0.137. The fourth-order valence-electron chi connectivity index (χ4n) is 1.44. The number of aliphatic hydroxyl groups excluding tert-OH is 1. The number of hydrogen-bond donors (Lipinski definition) is 2. The van der Waals surface area contributed by atoms with Gasteiger partial charge in [0.25, 0.3) is 0 Å². The molecule has 1 aromatic rings. The van der Waals surface area contributed by atoms with Gasteiger partial charge in [-0.15, -0.1) is 12.4 Å². The molecule has 0 amide bonds. The topological polar surface area (TPSA) is 32.3 Å². The molecular formula is C13H19ClF3NO. The van der Waals surface area contributed by atoms with E-state index >= 15 is 0 Å². The summed E-state index contributed by atoms with van der Waals surface area (Å²) in [4.78, 5) is 0. The molecule has 0 fully saturated rings. The van der Waals surface area contributed by atoms with Crippen molar-refractivity contribution >= 4 is 12.4 Å². The maximum Gasteiger partial charge on any atom is 0.416 e. The number of aliphatic hydroxyl groups is 1. The largest absolute Gasteiger partial charge is 0.416 e. The van der Waals surface area contributed by atoms with E-state index in [4.69, 9.17) is 0 Å². The van der Waals surface area contributed by atoms with Crippen LogP contribution in [0.5, 0.6) is 0 Å². The molecule has 0 bridgehead atoms. The van der Waals surface area contributed by atoms with Crippen LogP contribution in [0.2, 0.25) is 0 Å². The van der Waals surface area contributed by atoms with Gasteiger partial charge in [-0.3, -0.25) is 0 Å². The Balaban J connectivity index is 0.00000324. The number of β-amino-alcohol motifs (C(OH)–C–C–N with tert-alkyl or cyclic N) is 1. The highest BCUT2D eigenvalue weighted by molar-refractivity contribution is 5.85. The minimum Gasteiger partial charge on any atom is -0.387 e. The molecule has 0 heterocycles.